The average molecular weight is 453 g/mol. The molecule has 1 aliphatic carbocycles. The lowest BCUT2D eigenvalue weighted by Crippen LogP contribution is -2.43. The molecule has 3 aromatic rings. The first-order valence-corrected chi connectivity index (χ1v) is 11.9. The standard InChI is InChI=1S/C27H28N6O/c1-26(2)8-4-10-33(16-26)25(34)22-12-23(31-17-30-22)32-20-7-6-18-13-27(14-19(18)11-20)15-29-24-21(27)5-3-9-28-24/h3,5-7,9,11-12,15,17H,4,8,10,13-14,16H2,1-2H3,(H,30,31,32). The van der Waals surface area contributed by atoms with Gasteiger partial charge in [0, 0.05) is 48.2 Å². The van der Waals surface area contributed by atoms with Gasteiger partial charge in [-0.15, -0.1) is 0 Å². The number of aliphatic imine (C=N–C) groups is 1. The van der Waals surface area contributed by atoms with Gasteiger partial charge >= 0.3 is 0 Å². The predicted octanol–water partition coefficient (Wildman–Crippen LogP) is 4.63. The van der Waals surface area contributed by atoms with Crippen LogP contribution in [0.5, 0.6) is 0 Å². The van der Waals surface area contributed by atoms with Crippen molar-refractivity contribution in [2.24, 2.45) is 10.4 Å². The maximum atomic E-state index is 13.1. The fourth-order valence-corrected chi connectivity index (χ4v) is 5.66. The van der Waals surface area contributed by atoms with E-state index in [1.54, 1.807) is 12.3 Å². The van der Waals surface area contributed by atoms with Crippen molar-refractivity contribution in [3.63, 3.8) is 0 Å². The van der Waals surface area contributed by atoms with Gasteiger partial charge < -0.3 is 10.2 Å². The highest BCUT2D eigenvalue weighted by Gasteiger charge is 2.42. The van der Waals surface area contributed by atoms with Gasteiger partial charge in [0.25, 0.3) is 5.91 Å². The van der Waals surface area contributed by atoms with Crippen LogP contribution in [0.15, 0.2) is 53.9 Å². The number of hydrogen-bond donors (Lipinski definition) is 1. The van der Waals surface area contributed by atoms with Gasteiger partial charge in [-0.05, 0) is 60.4 Å². The number of aromatic nitrogens is 3. The lowest BCUT2D eigenvalue weighted by atomic mass is 9.81. The zero-order valence-corrected chi connectivity index (χ0v) is 19.6. The van der Waals surface area contributed by atoms with Crippen LogP contribution in [0.25, 0.3) is 0 Å². The number of likely N-dealkylation sites (tertiary alicyclic amines) is 1. The Morgan fingerprint density at radius 1 is 1.06 bits per heavy atom. The largest absolute Gasteiger partial charge is 0.340 e. The number of fused-ring (bicyclic) bond motifs is 3. The molecule has 1 aromatic carbocycles. The van der Waals surface area contributed by atoms with E-state index in [1.807, 2.05) is 11.0 Å². The number of nitrogens with one attached hydrogen (secondary N) is 1. The van der Waals surface area contributed by atoms with Crippen LogP contribution >= 0.6 is 0 Å². The van der Waals surface area contributed by atoms with Crippen molar-refractivity contribution in [2.75, 3.05) is 18.4 Å². The molecule has 34 heavy (non-hydrogen) atoms. The lowest BCUT2D eigenvalue weighted by Gasteiger charge is -2.37. The molecule has 1 saturated heterocycles. The Kier molecular flexibility index (Phi) is 4.76. The highest BCUT2D eigenvalue weighted by atomic mass is 16.2. The smallest absolute Gasteiger partial charge is 0.272 e. The van der Waals surface area contributed by atoms with Gasteiger partial charge in [-0.3, -0.25) is 4.79 Å². The lowest BCUT2D eigenvalue weighted by molar-refractivity contribution is 0.0577. The van der Waals surface area contributed by atoms with Crippen LogP contribution in [-0.2, 0) is 18.3 Å². The van der Waals surface area contributed by atoms with Crippen LogP contribution in [-0.4, -0.2) is 45.1 Å². The van der Waals surface area contributed by atoms with Crippen LogP contribution in [0.4, 0.5) is 17.3 Å². The molecule has 2 aromatic heterocycles. The van der Waals surface area contributed by atoms with Crippen LogP contribution in [0.1, 0.15) is 53.9 Å². The number of piperidine rings is 1. The van der Waals surface area contributed by atoms with Crippen LogP contribution in [0, 0.1) is 5.41 Å². The first-order valence-electron chi connectivity index (χ1n) is 11.9. The van der Waals surface area contributed by atoms with E-state index < -0.39 is 0 Å². The summed E-state index contributed by atoms with van der Waals surface area (Å²) in [7, 11) is 0. The molecule has 1 spiro atoms. The van der Waals surface area contributed by atoms with Crippen LogP contribution in [0.2, 0.25) is 0 Å². The number of nitrogens with zero attached hydrogens (tertiary/aromatic N) is 5. The first-order chi connectivity index (χ1) is 16.4. The monoisotopic (exact) mass is 452 g/mol. The summed E-state index contributed by atoms with van der Waals surface area (Å²) < 4.78 is 0. The van der Waals surface area contributed by atoms with E-state index in [0.717, 1.165) is 50.3 Å². The van der Waals surface area contributed by atoms with E-state index in [4.69, 9.17) is 0 Å². The number of amides is 1. The van der Waals surface area contributed by atoms with Crippen molar-refractivity contribution < 1.29 is 4.79 Å². The number of carbonyl (C=O) groups excluding carboxylic acids is 1. The van der Waals surface area contributed by atoms with Crippen molar-refractivity contribution in [2.45, 2.75) is 44.9 Å². The van der Waals surface area contributed by atoms with Gasteiger partial charge in [-0.25, -0.2) is 19.9 Å². The molecule has 7 heteroatoms. The predicted molar refractivity (Wildman–Crippen MR) is 132 cm³/mol. The molecule has 4 heterocycles. The van der Waals surface area contributed by atoms with E-state index in [2.05, 4.69) is 69.6 Å². The Balaban J connectivity index is 1.20. The maximum Gasteiger partial charge on any atom is 0.272 e. The summed E-state index contributed by atoms with van der Waals surface area (Å²) in [6, 6.07) is 12.3. The Hall–Kier alpha value is -3.61. The van der Waals surface area contributed by atoms with Gasteiger partial charge in [0.05, 0.1) is 0 Å². The third-order valence-electron chi connectivity index (χ3n) is 7.32. The molecule has 1 fully saturated rings. The average Bonchev–Trinajstić information content (AvgIpc) is 3.38. The first kappa shape index (κ1) is 21.0. The van der Waals surface area contributed by atoms with Gasteiger partial charge in [0.2, 0.25) is 0 Å². The fraction of sp³-hybridized carbons (Fsp3) is 0.370. The van der Waals surface area contributed by atoms with Crippen molar-refractivity contribution >= 4 is 29.4 Å². The molecule has 172 valence electrons. The number of anilines is 2. The Morgan fingerprint density at radius 3 is 2.82 bits per heavy atom. The molecular formula is C27H28N6O. The fourth-order valence-electron chi connectivity index (χ4n) is 5.66. The number of rotatable bonds is 3. The van der Waals surface area contributed by atoms with Crippen molar-refractivity contribution in [1.29, 1.82) is 0 Å². The van der Waals surface area contributed by atoms with E-state index in [0.29, 0.717) is 11.5 Å². The molecule has 7 nitrogen and oxygen atoms in total. The van der Waals surface area contributed by atoms with E-state index in [1.165, 1.54) is 23.0 Å². The minimum atomic E-state index is -0.0960. The summed E-state index contributed by atoms with van der Waals surface area (Å²) in [4.78, 5) is 32.6. The van der Waals surface area contributed by atoms with Crippen molar-refractivity contribution in [1.82, 2.24) is 19.9 Å². The Bertz CT molecular complexity index is 1320. The normalized spacial score (nSPS) is 22.0. The van der Waals surface area contributed by atoms with Gasteiger partial charge in [0.1, 0.15) is 17.8 Å². The quantitative estimate of drug-likeness (QED) is 0.626. The van der Waals surface area contributed by atoms with Gasteiger partial charge in [-0.2, -0.15) is 0 Å². The second kappa shape index (κ2) is 7.72. The van der Waals surface area contributed by atoms with Crippen molar-refractivity contribution in [3.8, 4) is 0 Å². The van der Waals surface area contributed by atoms with E-state index in [-0.39, 0.29) is 16.7 Å². The number of hydrogen-bond acceptors (Lipinski definition) is 6. The molecule has 1 atom stereocenters. The molecule has 0 radical (unpaired) electrons. The van der Waals surface area contributed by atoms with Crippen LogP contribution < -0.4 is 5.32 Å². The molecule has 0 saturated carbocycles. The summed E-state index contributed by atoms with van der Waals surface area (Å²) in [5, 5.41) is 3.38. The molecule has 2 aliphatic heterocycles. The zero-order chi connectivity index (χ0) is 23.3. The number of benzene rings is 1. The third kappa shape index (κ3) is 3.65. The minimum Gasteiger partial charge on any atom is -0.340 e. The van der Waals surface area contributed by atoms with Gasteiger partial charge in [0.15, 0.2) is 5.82 Å². The van der Waals surface area contributed by atoms with Gasteiger partial charge in [-0.1, -0.05) is 26.0 Å². The molecule has 1 N–H and O–H groups in total. The SMILES string of the molecule is CC1(C)CCCN(C(=O)c2cc(Nc3ccc4c(c3)CC3(C=Nc5ncccc53)C4)ncn2)C1. The summed E-state index contributed by atoms with van der Waals surface area (Å²) in [5.41, 5.74) is 5.27. The highest BCUT2D eigenvalue weighted by molar-refractivity contribution is 5.93. The molecule has 1 unspecified atom stereocenters. The van der Waals surface area contributed by atoms with E-state index >= 15 is 0 Å². The Morgan fingerprint density at radius 2 is 1.94 bits per heavy atom. The summed E-state index contributed by atoms with van der Waals surface area (Å²) in [5.74, 6) is 1.44. The van der Waals surface area contributed by atoms with Crippen LogP contribution in [0.3, 0.4) is 0 Å². The summed E-state index contributed by atoms with van der Waals surface area (Å²) in [6.07, 6.45) is 9.33. The van der Waals surface area contributed by atoms with Crippen molar-refractivity contribution in [3.05, 3.63) is 71.3 Å². The molecular weight excluding hydrogens is 424 g/mol. The minimum absolute atomic E-state index is 0.0260. The third-order valence-corrected chi connectivity index (χ3v) is 7.32. The molecule has 0 bridgehead atoms. The highest BCUT2D eigenvalue weighted by Crippen LogP contribution is 2.45. The Labute approximate surface area is 199 Å². The maximum absolute atomic E-state index is 13.1. The number of carbonyl (C=O) groups is 1. The van der Waals surface area contributed by atoms with E-state index in [9.17, 15) is 4.79 Å². The topological polar surface area (TPSA) is 83.4 Å². The molecule has 3 aliphatic rings. The summed E-state index contributed by atoms with van der Waals surface area (Å²) in [6.45, 7) is 5.96. The molecule has 1 amide bonds. The second-order valence-electron chi connectivity index (χ2n) is 10.5. The second-order valence-corrected chi connectivity index (χ2v) is 10.5. The zero-order valence-electron chi connectivity index (χ0n) is 19.6. The summed E-state index contributed by atoms with van der Waals surface area (Å²) >= 11 is 0. The molecule has 6 rings (SSSR count). The number of pyridine rings is 1.